The summed E-state index contributed by atoms with van der Waals surface area (Å²) in [5.74, 6) is -3.41. The Labute approximate surface area is 116 Å². The van der Waals surface area contributed by atoms with Crippen molar-refractivity contribution in [3.63, 3.8) is 0 Å². The first-order valence-electron chi connectivity index (χ1n) is 3.29. The van der Waals surface area contributed by atoms with Crippen molar-refractivity contribution in [2.24, 2.45) is 5.92 Å². The third-order valence-corrected chi connectivity index (χ3v) is 1.72. The topological polar surface area (TPSA) is 97.7 Å². The van der Waals surface area contributed by atoms with Gasteiger partial charge in [-0.15, -0.1) is 0 Å². The van der Waals surface area contributed by atoms with Crippen LogP contribution in [-0.2, 0) is 9.59 Å². The summed E-state index contributed by atoms with van der Waals surface area (Å²) in [4.78, 5) is 31.8. The molecule has 1 aliphatic rings. The van der Waals surface area contributed by atoms with Gasteiger partial charge in [-0.2, -0.15) is 0 Å². The number of carboxylic acid groups (broad SMARTS) is 2. The van der Waals surface area contributed by atoms with Gasteiger partial charge in [-0.05, 0) is 6.42 Å². The van der Waals surface area contributed by atoms with Gasteiger partial charge in [0.05, 0.1) is 0 Å². The molecule has 1 N–H and O–H groups in total. The van der Waals surface area contributed by atoms with Crippen LogP contribution >= 0.6 is 0 Å². The van der Waals surface area contributed by atoms with Crippen molar-refractivity contribution in [1.82, 2.24) is 4.90 Å². The predicted octanol–water partition coefficient (Wildman–Crippen LogP) is -4.73. The van der Waals surface area contributed by atoms with Crippen LogP contribution in [0.3, 0.4) is 0 Å². The minimum atomic E-state index is -1.64. The summed E-state index contributed by atoms with van der Waals surface area (Å²) < 4.78 is 0. The SMILES string of the molecule is O=C(O)C1CCN(C(=O)[O-])C1=O.[K+]. The smallest absolute Gasteiger partial charge is 0.530 e. The zero-order valence-electron chi connectivity index (χ0n) is 7.02. The van der Waals surface area contributed by atoms with Crippen LogP contribution in [0.1, 0.15) is 6.42 Å². The summed E-state index contributed by atoms with van der Waals surface area (Å²) in [5, 5.41) is 18.6. The zero-order valence-corrected chi connectivity index (χ0v) is 10.1. The molecule has 0 bridgehead atoms. The Kier molecular flexibility index (Phi) is 5.08. The molecule has 7 heteroatoms. The van der Waals surface area contributed by atoms with Crippen molar-refractivity contribution in [1.29, 1.82) is 0 Å². The van der Waals surface area contributed by atoms with E-state index in [4.69, 9.17) is 5.11 Å². The maximum Gasteiger partial charge on any atom is 1.00 e. The Hall–Kier alpha value is 0.0464. The molecule has 0 aromatic heterocycles. The average molecular weight is 211 g/mol. The first kappa shape index (κ1) is 13.0. The predicted molar refractivity (Wildman–Crippen MR) is 32.9 cm³/mol. The van der Waals surface area contributed by atoms with Gasteiger partial charge < -0.3 is 15.0 Å². The van der Waals surface area contributed by atoms with Gasteiger partial charge in [0.2, 0.25) is 5.91 Å². The van der Waals surface area contributed by atoms with Crippen molar-refractivity contribution in [3.05, 3.63) is 0 Å². The van der Waals surface area contributed by atoms with Gasteiger partial charge in [0, 0.05) is 6.54 Å². The van der Waals surface area contributed by atoms with Crippen LogP contribution in [0.5, 0.6) is 0 Å². The summed E-state index contributed by atoms with van der Waals surface area (Å²) in [6.07, 6.45) is -1.61. The molecule has 0 saturated carbocycles. The Morgan fingerprint density at radius 3 is 2.31 bits per heavy atom. The van der Waals surface area contributed by atoms with Gasteiger partial charge in [0.1, 0.15) is 12.0 Å². The number of carbonyl (C=O) groups excluding carboxylic acids is 2. The van der Waals surface area contributed by atoms with Crippen molar-refractivity contribution >= 4 is 18.0 Å². The number of amides is 2. The van der Waals surface area contributed by atoms with Crippen molar-refractivity contribution in [3.8, 4) is 0 Å². The Morgan fingerprint density at radius 2 is 2.08 bits per heavy atom. The first-order valence-corrected chi connectivity index (χ1v) is 3.29. The Balaban J connectivity index is 0.00000144. The molecule has 0 aromatic carbocycles. The van der Waals surface area contributed by atoms with E-state index in [0.717, 1.165) is 0 Å². The first-order chi connectivity index (χ1) is 5.54. The van der Waals surface area contributed by atoms with Gasteiger partial charge in [-0.1, -0.05) is 0 Å². The van der Waals surface area contributed by atoms with Gasteiger partial charge in [-0.3, -0.25) is 14.5 Å². The fourth-order valence-electron chi connectivity index (χ4n) is 1.09. The van der Waals surface area contributed by atoms with Crippen LogP contribution < -0.4 is 56.5 Å². The molecule has 0 spiro atoms. The molecule has 1 saturated heterocycles. The van der Waals surface area contributed by atoms with Crippen molar-refractivity contribution in [2.45, 2.75) is 6.42 Å². The number of aliphatic carboxylic acids is 1. The van der Waals surface area contributed by atoms with E-state index in [0.29, 0.717) is 4.90 Å². The van der Waals surface area contributed by atoms with Gasteiger partial charge >= 0.3 is 57.4 Å². The second-order valence-electron chi connectivity index (χ2n) is 2.44. The minimum Gasteiger partial charge on any atom is -0.530 e. The molecule has 1 heterocycles. The number of carboxylic acids is 1. The maximum atomic E-state index is 10.9. The fraction of sp³-hybridized carbons (Fsp3) is 0.500. The number of likely N-dealkylation sites (tertiary alicyclic amines) is 1. The van der Waals surface area contributed by atoms with Gasteiger partial charge in [0.15, 0.2) is 0 Å². The Morgan fingerprint density at radius 1 is 1.54 bits per heavy atom. The standard InChI is InChI=1S/C6H7NO5.K/c8-4-3(5(9)10)1-2-7(4)6(11)12;/h3H,1-2H2,(H,9,10)(H,11,12);/q;+1/p-1. The maximum absolute atomic E-state index is 10.9. The molecule has 1 atom stereocenters. The monoisotopic (exact) mass is 211 g/mol. The number of imide groups is 1. The third-order valence-electron chi connectivity index (χ3n) is 1.72. The molecule has 1 fully saturated rings. The van der Waals surface area contributed by atoms with Gasteiger partial charge in [0.25, 0.3) is 0 Å². The summed E-state index contributed by atoms with van der Waals surface area (Å²) >= 11 is 0. The second-order valence-corrected chi connectivity index (χ2v) is 2.44. The van der Waals surface area contributed by atoms with Crippen LogP contribution in [0, 0.1) is 5.92 Å². The molecular weight excluding hydrogens is 205 g/mol. The third kappa shape index (κ3) is 2.74. The number of hydrogen-bond acceptors (Lipinski definition) is 4. The fourth-order valence-corrected chi connectivity index (χ4v) is 1.09. The van der Waals surface area contributed by atoms with E-state index in [1.165, 1.54) is 0 Å². The van der Waals surface area contributed by atoms with Gasteiger partial charge in [-0.25, -0.2) is 0 Å². The van der Waals surface area contributed by atoms with Crippen LogP contribution in [0.15, 0.2) is 0 Å². The molecule has 13 heavy (non-hydrogen) atoms. The normalized spacial score (nSPS) is 21.1. The minimum absolute atomic E-state index is 0. The molecule has 1 aliphatic heterocycles. The molecule has 66 valence electrons. The molecule has 6 nitrogen and oxygen atoms in total. The van der Waals surface area contributed by atoms with Crippen LogP contribution in [0.25, 0.3) is 0 Å². The van der Waals surface area contributed by atoms with Crippen LogP contribution in [-0.4, -0.2) is 34.5 Å². The van der Waals surface area contributed by atoms with E-state index in [-0.39, 0.29) is 64.4 Å². The van der Waals surface area contributed by atoms with E-state index in [1.54, 1.807) is 0 Å². The molecule has 0 radical (unpaired) electrons. The number of hydrogen-bond donors (Lipinski definition) is 1. The van der Waals surface area contributed by atoms with E-state index < -0.39 is 23.9 Å². The van der Waals surface area contributed by atoms with E-state index in [2.05, 4.69) is 0 Å². The number of carbonyl (C=O) groups is 3. The average Bonchev–Trinajstić information content (AvgIpc) is 2.30. The van der Waals surface area contributed by atoms with Crippen molar-refractivity contribution < 1.29 is 76.0 Å². The summed E-state index contributed by atoms with van der Waals surface area (Å²) in [6.45, 7) is -0.0852. The summed E-state index contributed by atoms with van der Waals surface area (Å²) in [5.41, 5.74) is 0. The Bertz CT molecular complexity index is 229. The summed E-state index contributed by atoms with van der Waals surface area (Å²) in [6, 6.07) is 0. The number of nitrogens with zero attached hydrogens (tertiary/aromatic N) is 1. The van der Waals surface area contributed by atoms with Crippen LogP contribution in [0.2, 0.25) is 0 Å². The second kappa shape index (κ2) is 5.06. The summed E-state index contributed by atoms with van der Waals surface area (Å²) in [7, 11) is 0. The van der Waals surface area contributed by atoms with Crippen LogP contribution in [0.4, 0.5) is 4.79 Å². The number of rotatable bonds is 1. The molecule has 0 aromatic rings. The quantitative estimate of drug-likeness (QED) is 0.347. The molecule has 2 amide bonds. The van der Waals surface area contributed by atoms with E-state index in [1.807, 2.05) is 0 Å². The molecular formula is C6H6KNO5. The molecule has 0 aliphatic carbocycles. The van der Waals surface area contributed by atoms with E-state index >= 15 is 0 Å². The zero-order chi connectivity index (χ0) is 9.30. The molecule has 1 rings (SSSR count). The van der Waals surface area contributed by atoms with Crippen molar-refractivity contribution in [2.75, 3.05) is 6.54 Å². The largest absolute Gasteiger partial charge is 1.00 e. The molecule has 1 unspecified atom stereocenters. The van der Waals surface area contributed by atoms with E-state index in [9.17, 15) is 19.5 Å².